The van der Waals surface area contributed by atoms with Crippen molar-refractivity contribution in [2.45, 2.75) is 18.2 Å². The Kier molecular flexibility index (Phi) is 3.52. The molecule has 0 saturated carbocycles. The molecule has 0 aliphatic heterocycles. The third-order valence-corrected chi connectivity index (χ3v) is 1.43. The fraction of sp³-hybridized carbons (Fsp3) is 0.500. The van der Waals surface area contributed by atoms with Gasteiger partial charge in [0, 0.05) is 0 Å². The fourth-order valence-electron chi connectivity index (χ4n) is 0.708. The minimum Gasteiger partial charge on any atom is -0.481 e. The molecule has 8 heteroatoms. The quantitative estimate of drug-likeness (QED) is 0.443. The molecule has 7 nitrogen and oxygen atoms in total. The number of alkyl halides is 1. The lowest BCUT2D eigenvalue weighted by molar-refractivity contribution is -0.180. The molecule has 0 heterocycles. The van der Waals surface area contributed by atoms with Crippen molar-refractivity contribution in [1.82, 2.24) is 0 Å². The summed E-state index contributed by atoms with van der Waals surface area (Å²) in [5.74, 6) is -6.30. The minimum absolute atomic E-state index is 1.53. The highest BCUT2D eigenvalue weighted by Gasteiger charge is 2.51. The van der Waals surface area contributed by atoms with E-state index in [1.807, 2.05) is 0 Å². The maximum absolute atomic E-state index is 12.7. The topological polar surface area (TPSA) is 132 Å². The van der Waals surface area contributed by atoms with Crippen molar-refractivity contribution in [1.29, 1.82) is 0 Å². The Hall–Kier alpha value is -1.70. The van der Waals surface area contributed by atoms with E-state index in [1.165, 1.54) is 0 Å². The smallest absolute Gasteiger partial charge is 0.342 e. The normalized spacial score (nSPS) is 16.7. The van der Waals surface area contributed by atoms with Gasteiger partial charge in [-0.2, -0.15) is 0 Å². The van der Waals surface area contributed by atoms with Crippen molar-refractivity contribution in [3.8, 4) is 0 Å². The van der Waals surface area contributed by atoms with E-state index < -0.39 is 36.1 Å². The molecule has 0 bridgehead atoms. The molecule has 0 aromatic carbocycles. The van der Waals surface area contributed by atoms with E-state index in [1.54, 1.807) is 0 Å². The Bertz CT molecular complexity index is 275. The van der Waals surface area contributed by atoms with Crippen molar-refractivity contribution in [2.75, 3.05) is 0 Å². The molecular weight excluding hydrogens is 203 g/mol. The molecule has 0 radical (unpaired) electrons. The molecule has 0 aliphatic carbocycles. The molecule has 80 valence electrons. The maximum atomic E-state index is 12.7. The van der Waals surface area contributed by atoms with Gasteiger partial charge in [-0.05, 0) is 0 Å². The van der Waals surface area contributed by atoms with E-state index in [0.29, 0.717) is 0 Å². The van der Waals surface area contributed by atoms with Gasteiger partial charge in [0.25, 0.3) is 0 Å². The summed E-state index contributed by atoms with van der Waals surface area (Å²) in [4.78, 5) is 30.4. The zero-order valence-electron chi connectivity index (χ0n) is 6.68. The molecule has 0 rings (SSSR count). The molecule has 0 aromatic heterocycles. The van der Waals surface area contributed by atoms with E-state index in [2.05, 4.69) is 0 Å². The van der Waals surface area contributed by atoms with Gasteiger partial charge in [0.1, 0.15) is 0 Å². The Morgan fingerprint density at radius 1 is 1.21 bits per heavy atom. The second-order valence-electron chi connectivity index (χ2n) is 2.50. The largest absolute Gasteiger partial charge is 0.481 e. The van der Waals surface area contributed by atoms with Crippen molar-refractivity contribution >= 4 is 17.9 Å². The number of aliphatic hydroxyl groups is 1. The van der Waals surface area contributed by atoms with Gasteiger partial charge in [-0.15, -0.1) is 0 Å². The van der Waals surface area contributed by atoms with Crippen LogP contribution in [0.3, 0.4) is 0 Å². The molecule has 0 fully saturated rings. The molecule has 0 aliphatic rings. The van der Waals surface area contributed by atoms with Crippen LogP contribution in [0.15, 0.2) is 0 Å². The van der Waals surface area contributed by atoms with Crippen LogP contribution in [-0.2, 0) is 14.4 Å². The second-order valence-corrected chi connectivity index (χ2v) is 2.50. The third-order valence-electron chi connectivity index (χ3n) is 1.43. The number of aliphatic carboxylic acids is 3. The van der Waals surface area contributed by atoms with Crippen LogP contribution in [0.4, 0.5) is 4.39 Å². The van der Waals surface area contributed by atoms with E-state index in [4.69, 9.17) is 20.4 Å². The zero-order valence-corrected chi connectivity index (χ0v) is 6.68. The number of carboxylic acid groups (broad SMARTS) is 3. The number of hydrogen-bond acceptors (Lipinski definition) is 4. The summed E-state index contributed by atoms with van der Waals surface area (Å²) in [7, 11) is 0. The first-order valence-electron chi connectivity index (χ1n) is 3.26. The predicted octanol–water partition coefficient (Wildman–Crippen LogP) is -1.30. The molecule has 0 aromatic rings. The van der Waals surface area contributed by atoms with Gasteiger partial charge < -0.3 is 20.4 Å². The lowest BCUT2D eigenvalue weighted by Gasteiger charge is -2.22. The molecule has 0 amide bonds. The number of halogens is 1. The van der Waals surface area contributed by atoms with Crippen LogP contribution >= 0.6 is 0 Å². The Labute approximate surface area is 76.4 Å². The second kappa shape index (κ2) is 4.01. The lowest BCUT2D eigenvalue weighted by Crippen LogP contribution is -2.52. The summed E-state index contributed by atoms with van der Waals surface area (Å²) >= 11 is 0. The minimum atomic E-state index is -3.45. The highest BCUT2D eigenvalue weighted by molar-refractivity contribution is 5.90. The van der Waals surface area contributed by atoms with Crippen LogP contribution < -0.4 is 0 Å². The Morgan fingerprint density at radius 3 is 1.86 bits per heavy atom. The lowest BCUT2D eigenvalue weighted by atomic mass is 9.94. The summed E-state index contributed by atoms with van der Waals surface area (Å²) < 4.78 is 12.7. The van der Waals surface area contributed by atoms with Gasteiger partial charge in [-0.3, -0.25) is 4.79 Å². The molecule has 0 saturated heterocycles. The summed E-state index contributed by atoms with van der Waals surface area (Å²) in [6, 6.07) is 0. The standard InChI is InChI=1S/C6H7FO7/c7-3(4(10)11)6(14,5(12)13)1-2(8)9/h3,14H,1H2,(H,8,9)(H,10,11)(H,12,13)/t3-,6-/m1/s1. The monoisotopic (exact) mass is 210 g/mol. The Morgan fingerprint density at radius 2 is 1.64 bits per heavy atom. The third kappa shape index (κ3) is 2.39. The average molecular weight is 210 g/mol. The SMILES string of the molecule is O=C(O)C[C@](O)(C(=O)O)[C@H](F)C(=O)O. The number of hydrogen-bond donors (Lipinski definition) is 4. The van der Waals surface area contributed by atoms with Crippen LogP contribution in [0.5, 0.6) is 0 Å². The molecule has 0 spiro atoms. The van der Waals surface area contributed by atoms with Gasteiger partial charge in [0.2, 0.25) is 11.8 Å². The van der Waals surface area contributed by atoms with E-state index >= 15 is 0 Å². The fourth-order valence-corrected chi connectivity index (χ4v) is 0.708. The van der Waals surface area contributed by atoms with Crippen LogP contribution in [0, 0.1) is 0 Å². The van der Waals surface area contributed by atoms with Crippen molar-refractivity contribution < 1.29 is 39.2 Å². The van der Waals surface area contributed by atoms with Gasteiger partial charge in [-0.1, -0.05) is 0 Å². The summed E-state index contributed by atoms with van der Waals surface area (Å²) in [6.07, 6.45) is -4.73. The molecular formula is C6H7FO7. The number of carbonyl (C=O) groups is 3. The van der Waals surface area contributed by atoms with E-state index in [-0.39, 0.29) is 0 Å². The summed E-state index contributed by atoms with van der Waals surface area (Å²) in [5, 5.41) is 33.5. The molecule has 2 atom stereocenters. The van der Waals surface area contributed by atoms with Crippen molar-refractivity contribution in [2.24, 2.45) is 0 Å². The summed E-state index contributed by atoms with van der Waals surface area (Å²) in [6.45, 7) is 0. The summed E-state index contributed by atoms with van der Waals surface area (Å²) in [5.41, 5.74) is -3.45. The molecule has 0 unspecified atom stereocenters. The first-order valence-corrected chi connectivity index (χ1v) is 3.26. The number of carboxylic acids is 3. The predicted molar refractivity (Wildman–Crippen MR) is 37.4 cm³/mol. The van der Waals surface area contributed by atoms with E-state index in [9.17, 15) is 18.8 Å². The van der Waals surface area contributed by atoms with Crippen LogP contribution in [-0.4, -0.2) is 50.1 Å². The zero-order chi connectivity index (χ0) is 11.5. The average Bonchev–Trinajstić information content (AvgIpc) is 2.00. The van der Waals surface area contributed by atoms with Crippen LogP contribution in [0.2, 0.25) is 0 Å². The van der Waals surface area contributed by atoms with Gasteiger partial charge in [-0.25, -0.2) is 14.0 Å². The number of rotatable bonds is 5. The van der Waals surface area contributed by atoms with Crippen molar-refractivity contribution in [3.63, 3.8) is 0 Å². The van der Waals surface area contributed by atoms with Gasteiger partial charge in [0.05, 0.1) is 6.42 Å². The molecule has 14 heavy (non-hydrogen) atoms. The first-order chi connectivity index (χ1) is 6.21. The van der Waals surface area contributed by atoms with Gasteiger partial charge >= 0.3 is 17.9 Å². The van der Waals surface area contributed by atoms with Crippen molar-refractivity contribution in [3.05, 3.63) is 0 Å². The van der Waals surface area contributed by atoms with Crippen LogP contribution in [0.25, 0.3) is 0 Å². The first kappa shape index (κ1) is 12.3. The Balaban J connectivity index is 4.99. The molecule has 4 N–H and O–H groups in total. The van der Waals surface area contributed by atoms with Crippen LogP contribution in [0.1, 0.15) is 6.42 Å². The highest BCUT2D eigenvalue weighted by Crippen LogP contribution is 2.19. The van der Waals surface area contributed by atoms with E-state index in [0.717, 1.165) is 0 Å². The highest BCUT2D eigenvalue weighted by atomic mass is 19.1. The maximum Gasteiger partial charge on any atom is 0.342 e. The van der Waals surface area contributed by atoms with Gasteiger partial charge in [0.15, 0.2) is 0 Å².